The summed E-state index contributed by atoms with van der Waals surface area (Å²) in [5.41, 5.74) is 0.588. The lowest BCUT2D eigenvalue weighted by Crippen LogP contribution is -2.32. The first-order valence-electron chi connectivity index (χ1n) is 4.46. The van der Waals surface area contributed by atoms with Gasteiger partial charge in [-0.25, -0.2) is 0 Å². The molecule has 13 heavy (non-hydrogen) atoms. The molecule has 3 nitrogen and oxygen atoms in total. The highest BCUT2D eigenvalue weighted by atomic mass is 16.6. The summed E-state index contributed by atoms with van der Waals surface area (Å²) in [7, 11) is 0. The molecule has 70 valence electrons. The molecular weight excluding hydrogens is 168 g/mol. The van der Waals surface area contributed by atoms with E-state index in [-0.39, 0.29) is 17.9 Å². The monoisotopic (exact) mass is 180 g/mol. The zero-order chi connectivity index (χ0) is 9.64. The molecule has 0 amide bonds. The summed E-state index contributed by atoms with van der Waals surface area (Å²) >= 11 is 0. The van der Waals surface area contributed by atoms with Gasteiger partial charge >= 0.3 is 11.9 Å². The van der Waals surface area contributed by atoms with Gasteiger partial charge in [0.25, 0.3) is 0 Å². The number of rotatable bonds is 0. The molecule has 0 radical (unpaired) electrons. The molecule has 1 heterocycles. The van der Waals surface area contributed by atoms with Gasteiger partial charge in [-0.2, -0.15) is 0 Å². The lowest BCUT2D eigenvalue weighted by atomic mass is 9.70. The highest BCUT2D eigenvalue weighted by molar-refractivity contribution is 5.99. The van der Waals surface area contributed by atoms with Crippen LogP contribution in [-0.4, -0.2) is 11.9 Å². The lowest BCUT2D eigenvalue weighted by molar-refractivity contribution is -0.155. The van der Waals surface area contributed by atoms with Crippen molar-refractivity contribution in [3.8, 4) is 0 Å². The number of hydrogen-bond acceptors (Lipinski definition) is 3. The van der Waals surface area contributed by atoms with Crippen molar-refractivity contribution in [3.05, 3.63) is 11.6 Å². The van der Waals surface area contributed by atoms with E-state index in [4.69, 9.17) is 0 Å². The maximum absolute atomic E-state index is 11.4. The lowest BCUT2D eigenvalue weighted by Gasteiger charge is -2.28. The summed E-state index contributed by atoms with van der Waals surface area (Å²) in [6.07, 6.45) is 3.32. The van der Waals surface area contributed by atoms with Crippen LogP contribution >= 0.6 is 0 Å². The molecule has 2 atom stereocenters. The third kappa shape index (κ3) is 1.03. The van der Waals surface area contributed by atoms with Gasteiger partial charge in [-0.05, 0) is 26.7 Å². The molecule has 1 aliphatic heterocycles. The summed E-state index contributed by atoms with van der Waals surface area (Å²) in [5.74, 6) is -0.948. The maximum Gasteiger partial charge on any atom is 0.320 e. The van der Waals surface area contributed by atoms with E-state index >= 15 is 0 Å². The molecule has 0 aromatic heterocycles. The molecule has 0 N–H and O–H groups in total. The molecular formula is C10H12O3. The second kappa shape index (κ2) is 2.44. The fourth-order valence-corrected chi connectivity index (χ4v) is 2.01. The van der Waals surface area contributed by atoms with E-state index in [2.05, 4.69) is 4.74 Å². The number of carbonyl (C=O) groups excluding carboxylic acids is 2. The highest BCUT2D eigenvalue weighted by Crippen LogP contribution is 2.46. The number of hydrogen-bond donors (Lipinski definition) is 0. The predicted octanol–water partition coefficient (Wildman–Crippen LogP) is 1.43. The first-order valence-corrected chi connectivity index (χ1v) is 4.46. The SMILES string of the molecule is CC1=CCC2(C)C(=O)OC(=O)C2C1. The van der Waals surface area contributed by atoms with Gasteiger partial charge in [0.2, 0.25) is 0 Å². The van der Waals surface area contributed by atoms with Crippen LogP contribution in [0, 0.1) is 11.3 Å². The van der Waals surface area contributed by atoms with Crippen molar-refractivity contribution in [2.24, 2.45) is 11.3 Å². The van der Waals surface area contributed by atoms with Crippen molar-refractivity contribution in [3.63, 3.8) is 0 Å². The number of cyclic esters (lactones) is 2. The number of fused-ring (bicyclic) bond motifs is 1. The normalized spacial score (nSPS) is 38.3. The number of carbonyl (C=O) groups is 2. The van der Waals surface area contributed by atoms with E-state index in [1.807, 2.05) is 19.9 Å². The van der Waals surface area contributed by atoms with Crippen molar-refractivity contribution in [1.29, 1.82) is 0 Å². The van der Waals surface area contributed by atoms with E-state index in [1.54, 1.807) is 0 Å². The van der Waals surface area contributed by atoms with E-state index in [0.29, 0.717) is 12.8 Å². The molecule has 3 heteroatoms. The van der Waals surface area contributed by atoms with Crippen LogP contribution in [0.3, 0.4) is 0 Å². The Morgan fingerprint density at radius 2 is 2.23 bits per heavy atom. The maximum atomic E-state index is 11.4. The molecule has 0 aromatic rings. The summed E-state index contributed by atoms with van der Waals surface area (Å²) in [5, 5.41) is 0. The van der Waals surface area contributed by atoms with E-state index in [0.717, 1.165) is 0 Å². The van der Waals surface area contributed by atoms with Gasteiger partial charge in [-0.1, -0.05) is 11.6 Å². The van der Waals surface area contributed by atoms with Crippen LogP contribution in [0.1, 0.15) is 26.7 Å². The average Bonchev–Trinajstić information content (AvgIpc) is 2.28. The fourth-order valence-electron chi connectivity index (χ4n) is 2.01. The quantitative estimate of drug-likeness (QED) is 0.322. The first kappa shape index (κ1) is 8.48. The number of esters is 2. The first-order chi connectivity index (χ1) is 6.04. The molecule has 0 aromatic carbocycles. The molecule has 2 aliphatic rings. The summed E-state index contributed by atoms with van der Waals surface area (Å²) in [6.45, 7) is 3.80. The largest absolute Gasteiger partial charge is 0.392 e. The van der Waals surface area contributed by atoms with Crippen LogP contribution < -0.4 is 0 Å². The van der Waals surface area contributed by atoms with Crippen molar-refractivity contribution in [2.75, 3.05) is 0 Å². The zero-order valence-corrected chi connectivity index (χ0v) is 7.79. The third-order valence-electron chi connectivity index (χ3n) is 3.11. The Kier molecular flexibility index (Phi) is 1.59. The van der Waals surface area contributed by atoms with Gasteiger partial charge in [0, 0.05) is 0 Å². The molecule has 0 spiro atoms. The summed E-state index contributed by atoms with van der Waals surface area (Å²) in [6, 6.07) is 0. The predicted molar refractivity (Wildman–Crippen MR) is 45.7 cm³/mol. The standard InChI is InChI=1S/C10H12O3/c1-6-3-4-10(2)7(5-6)8(11)13-9(10)12/h3,7H,4-5H2,1-2H3. The minimum atomic E-state index is -0.587. The minimum absolute atomic E-state index is 0.245. The van der Waals surface area contributed by atoms with Crippen molar-refractivity contribution >= 4 is 11.9 Å². The van der Waals surface area contributed by atoms with Gasteiger partial charge in [-0.15, -0.1) is 0 Å². The van der Waals surface area contributed by atoms with E-state index < -0.39 is 5.41 Å². The van der Waals surface area contributed by atoms with Crippen molar-refractivity contribution < 1.29 is 14.3 Å². The summed E-state index contributed by atoms with van der Waals surface area (Å²) < 4.78 is 4.65. The van der Waals surface area contributed by atoms with Gasteiger partial charge in [0.15, 0.2) is 0 Å². The fraction of sp³-hybridized carbons (Fsp3) is 0.600. The Balaban J connectivity index is 2.40. The minimum Gasteiger partial charge on any atom is -0.392 e. The van der Waals surface area contributed by atoms with Crippen LogP contribution in [0.2, 0.25) is 0 Å². The Bertz CT molecular complexity index is 316. The molecule has 2 rings (SSSR count). The van der Waals surface area contributed by atoms with Crippen LogP contribution in [0.4, 0.5) is 0 Å². The Morgan fingerprint density at radius 3 is 2.92 bits per heavy atom. The smallest absolute Gasteiger partial charge is 0.320 e. The molecule has 1 fully saturated rings. The Labute approximate surface area is 76.8 Å². The molecule has 0 bridgehead atoms. The van der Waals surface area contributed by atoms with Crippen LogP contribution in [-0.2, 0) is 14.3 Å². The highest BCUT2D eigenvalue weighted by Gasteiger charge is 2.54. The van der Waals surface area contributed by atoms with E-state index in [1.165, 1.54) is 5.57 Å². The second-order valence-corrected chi connectivity index (χ2v) is 4.14. The zero-order valence-electron chi connectivity index (χ0n) is 7.79. The molecule has 0 saturated carbocycles. The van der Waals surface area contributed by atoms with Gasteiger partial charge in [-0.3, -0.25) is 9.59 Å². The van der Waals surface area contributed by atoms with Crippen LogP contribution in [0.5, 0.6) is 0 Å². The Morgan fingerprint density at radius 1 is 1.54 bits per heavy atom. The number of ether oxygens (including phenoxy) is 1. The topological polar surface area (TPSA) is 43.4 Å². The summed E-state index contributed by atoms with van der Waals surface area (Å²) in [4.78, 5) is 22.7. The number of allylic oxidation sites excluding steroid dienone is 2. The van der Waals surface area contributed by atoms with Crippen LogP contribution in [0.15, 0.2) is 11.6 Å². The van der Waals surface area contributed by atoms with Gasteiger partial charge in [0.1, 0.15) is 0 Å². The van der Waals surface area contributed by atoms with Crippen molar-refractivity contribution in [1.82, 2.24) is 0 Å². The molecule has 1 aliphatic carbocycles. The van der Waals surface area contributed by atoms with Gasteiger partial charge < -0.3 is 4.74 Å². The third-order valence-corrected chi connectivity index (χ3v) is 3.11. The Hall–Kier alpha value is -1.12. The van der Waals surface area contributed by atoms with Crippen LogP contribution in [0.25, 0.3) is 0 Å². The van der Waals surface area contributed by atoms with Gasteiger partial charge in [0.05, 0.1) is 11.3 Å². The molecule has 1 saturated heterocycles. The molecule has 2 unspecified atom stereocenters. The van der Waals surface area contributed by atoms with E-state index in [9.17, 15) is 9.59 Å². The second-order valence-electron chi connectivity index (χ2n) is 4.14. The average molecular weight is 180 g/mol. The van der Waals surface area contributed by atoms with Crippen molar-refractivity contribution in [2.45, 2.75) is 26.7 Å².